The van der Waals surface area contributed by atoms with Crippen molar-refractivity contribution in [1.82, 2.24) is 0 Å². The maximum Gasteiger partial charge on any atom is 0 e. The second-order valence-corrected chi connectivity index (χ2v) is 0. The van der Waals surface area contributed by atoms with Gasteiger partial charge in [-0.2, -0.15) is 0 Å². The third-order valence-corrected chi connectivity index (χ3v) is 0. The fourth-order valence-corrected chi connectivity index (χ4v) is 0. The molecule has 0 aromatic heterocycles. The molecule has 0 saturated heterocycles. The minimum absolute atomic E-state index is 0. The molecule has 6 heteroatoms. The van der Waals surface area contributed by atoms with Crippen molar-refractivity contribution >= 4 is 112 Å². The average Bonchev–Trinajstić information content (AvgIpc) is 0. The molecule has 0 rings (SSSR count). The minimum atomic E-state index is 0. The second kappa shape index (κ2) is 30.3. The Morgan fingerprint density at radius 3 is 1.00 bits per heavy atom. The summed E-state index contributed by atoms with van der Waals surface area (Å²) in [5.74, 6) is 0. The molecule has 5 radical (unpaired) electrons. The van der Waals surface area contributed by atoms with Crippen LogP contribution in [-0.2, 0) is 38.1 Å². The van der Waals surface area contributed by atoms with Crippen molar-refractivity contribution in [3.05, 3.63) is 0 Å². The van der Waals surface area contributed by atoms with Crippen LogP contribution >= 0.6 is 0 Å². The SMILES string of the molecule is [Ca].[Ce].[Fe].[K].[Mg].[Mo]. The Labute approximate surface area is 186 Å². The van der Waals surface area contributed by atoms with Gasteiger partial charge in [0.15, 0.2) is 0 Å². The van der Waals surface area contributed by atoms with Gasteiger partial charge in [-0.25, -0.2) is 0 Å². The van der Waals surface area contributed by atoms with Crippen molar-refractivity contribution in [3.8, 4) is 0 Å². The predicted octanol–water partition coefficient (Wildman–Crippen LogP) is -1.15. The molecule has 0 aromatic rings. The monoisotopic (exact) mass is 397 g/mol. The molecule has 0 saturated carbocycles. The van der Waals surface area contributed by atoms with Gasteiger partial charge in [-0.3, -0.25) is 0 Å². The van der Waals surface area contributed by atoms with Gasteiger partial charge in [0.1, 0.15) is 0 Å². The third-order valence-electron chi connectivity index (χ3n) is 0. The van der Waals surface area contributed by atoms with Gasteiger partial charge in [0.25, 0.3) is 0 Å². The van der Waals surface area contributed by atoms with E-state index in [1.165, 1.54) is 0 Å². The van der Waals surface area contributed by atoms with E-state index in [4.69, 9.17) is 0 Å². The Hall–Kier alpha value is 6.25. The number of hydrogen-bond donors (Lipinski definition) is 0. The number of hydrogen-bond acceptors (Lipinski definition) is 0. The van der Waals surface area contributed by atoms with Gasteiger partial charge < -0.3 is 0 Å². The second-order valence-electron chi connectivity index (χ2n) is 0. The number of rotatable bonds is 0. The Bertz CT molecular complexity index is 15.5. The zero-order valence-corrected chi connectivity index (χ0v) is 16.7. The van der Waals surface area contributed by atoms with Crippen molar-refractivity contribution in [2.45, 2.75) is 0 Å². The van der Waals surface area contributed by atoms with Gasteiger partial charge in [-0.05, 0) is 0 Å². The van der Waals surface area contributed by atoms with Crippen LogP contribution in [0.3, 0.4) is 0 Å². The summed E-state index contributed by atoms with van der Waals surface area (Å²) in [6.45, 7) is 0. The Morgan fingerprint density at radius 1 is 1.00 bits per heavy atom. The summed E-state index contributed by atoms with van der Waals surface area (Å²) in [4.78, 5) is 0. The fourth-order valence-electron chi connectivity index (χ4n) is 0. The van der Waals surface area contributed by atoms with Crippen LogP contribution < -0.4 is 0 Å². The van der Waals surface area contributed by atoms with Gasteiger partial charge in [0, 0.05) is 192 Å². The maximum absolute atomic E-state index is 0. The zero-order valence-electron chi connectivity index (χ0n) is 3.68. The molecule has 0 spiro atoms. The topological polar surface area (TPSA) is 0 Å². The molecule has 0 aliphatic rings. The van der Waals surface area contributed by atoms with Crippen LogP contribution in [0.5, 0.6) is 0 Å². The third kappa shape index (κ3) is 22.5. The molecule has 23 valence electrons. The molecule has 0 fully saturated rings. The molecule has 0 aliphatic carbocycles. The Morgan fingerprint density at radius 2 is 1.00 bits per heavy atom. The summed E-state index contributed by atoms with van der Waals surface area (Å²) in [6, 6.07) is 0. The fraction of sp³-hybridized carbons (Fsp3) is 0. The molecule has 0 aliphatic heterocycles. The van der Waals surface area contributed by atoms with Crippen LogP contribution in [0.1, 0.15) is 0 Å². The summed E-state index contributed by atoms with van der Waals surface area (Å²) in [5, 5.41) is 0. The molecule has 0 atom stereocenters. The van der Waals surface area contributed by atoms with E-state index in [0.717, 1.165) is 0 Å². The Balaban J connectivity index is 0. The molecule has 0 N–H and O–H groups in total. The average molecular weight is 395 g/mol. The van der Waals surface area contributed by atoms with Crippen molar-refractivity contribution < 1.29 is 79.9 Å². The van der Waals surface area contributed by atoms with E-state index in [-0.39, 0.29) is 192 Å². The van der Waals surface area contributed by atoms with E-state index >= 15 is 0 Å². The van der Waals surface area contributed by atoms with E-state index in [1.54, 1.807) is 0 Å². The predicted molar refractivity (Wildman–Crippen MR) is 17.3 cm³/mol. The molecule has 0 heterocycles. The van der Waals surface area contributed by atoms with Crippen molar-refractivity contribution in [1.29, 1.82) is 0 Å². The zero-order chi connectivity index (χ0) is 0. The van der Waals surface area contributed by atoms with Crippen molar-refractivity contribution in [3.63, 3.8) is 0 Å². The van der Waals surface area contributed by atoms with Crippen LogP contribution in [0.15, 0.2) is 0 Å². The first-order valence-corrected chi connectivity index (χ1v) is 0. The summed E-state index contributed by atoms with van der Waals surface area (Å²) in [5.41, 5.74) is 0. The molecule has 0 aromatic carbocycles. The quantitative estimate of drug-likeness (QED) is 0.455. The first-order valence-electron chi connectivity index (χ1n) is 0. The van der Waals surface area contributed by atoms with E-state index in [0.29, 0.717) is 0 Å². The molecule has 0 amide bonds. The first-order chi connectivity index (χ1) is 0. The summed E-state index contributed by atoms with van der Waals surface area (Å²) in [6.07, 6.45) is 0. The normalized spacial score (nSPS) is 0. The van der Waals surface area contributed by atoms with E-state index in [2.05, 4.69) is 0 Å². The largest absolute Gasteiger partial charge is 0 e. The van der Waals surface area contributed by atoms with Crippen LogP contribution in [0, 0.1) is 41.7 Å². The van der Waals surface area contributed by atoms with Crippen LogP contribution in [0.25, 0.3) is 0 Å². The smallest absolute Gasteiger partial charge is 0 e. The van der Waals surface area contributed by atoms with Gasteiger partial charge in [-0.1, -0.05) is 0 Å². The van der Waals surface area contributed by atoms with Crippen molar-refractivity contribution in [2.75, 3.05) is 0 Å². The van der Waals surface area contributed by atoms with Crippen LogP contribution in [0.4, 0.5) is 0 Å². The minimum Gasteiger partial charge on any atom is 0 e. The summed E-state index contributed by atoms with van der Waals surface area (Å²) in [7, 11) is 0. The first kappa shape index (κ1) is 39.7. The summed E-state index contributed by atoms with van der Waals surface area (Å²) >= 11 is 0. The molecule has 6 heavy (non-hydrogen) atoms. The summed E-state index contributed by atoms with van der Waals surface area (Å²) < 4.78 is 0. The Kier molecular flexibility index (Phi) is 200. The van der Waals surface area contributed by atoms with Crippen LogP contribution in [0.2, 0.25) is 0 Å². The van der Waals surface area contributed by atoms with E-state index < -0.39 is 0 Å². The van der Waals surface area contributed by atoms with Gasteiger partial charge in [-0.15, -0.1) is 0 Å². The van der Waals surface area contributed by atoms with Gasteiger partial charge >= 0.3 is 0 Å². The molecular weight excluding hydrogens is 395 g/mol. The molecule has 0 unspecified atom stereocenters. The molecular formula is CaCeFeKMgMo. The van der Waals surface area contributed by atoms with Gasteiger partial charge in [0.2, 0.25) is 0 Å². The van der Waals surface area contributed by atoms with E-state index in [1.807, 2.05) is 0 Å². The van der Waals surface area contributed by atoms with E-state index in [9.17, 15) is 0 Å². The van der Waals surface area contributed by atoms with Crippen LogP contribution in [-0.4, -0.2) is 112 Å². The molecule has 0 nitrogen and oxygen atoms in total. The molecule has 0 bridgehead atoms. The maximum atomic E-state index is 0. The van der Waals surface area contributed by atoms with Crippen molar-refractivity contribution in [2.24, 2.45) is 0 Å². The standard InChI is InChI=1S/Ca.Ce.Fe.K.Mg.Mo. The van der Waals surface area contributed by atoms with Gasteiger partial charge in [0.05, 0.1) is 0 Å².